The Labute approximate surface area is 132 Å². The van der Waals surface area contributed by atoms with Crippen molar-refractivity contribution in [1.82, 2.24) is 9.97 Å². The fraction of sp³-hybridized carbons (Fsp3) is 0.0556. The molecule has 4 heterocycles. The normalized spacial score (nSPS) is 15.6. The van der Waals surface area contributed by atoms with E-state index in [2.05, 4.69) is 31.3 Å². The predicted molar refractivity (Wildman–Crippen MR) is 88.6 cm³/mol. The van der Waals surface area contributed by atoms with Crippen molar-refractivity contribution in [3.63, 3.8) is 0 Å². The highest BCUT2D eigenvalue weighted by molar-refractivity contribution is 6.10. The molecule has 2 aliphatic rings. The maximum Gasteiger partial charge on any atom is 0.180 e. The molecule has 3 aromatic rings. The van der Waals surface area contributed by atoms with Gasteiger partial charge in [0.2, 0.25) is 0 Å². The molecule has 0 saturated heterocycles. The third-order valence-electron chi connectivity index (χ3n) is 4.09. The molecule has 0 aliphatic carbocycles. The lowest BCUT2D eigenvalue weighted by Gasteiger charge is -2.13. The summed E-state index contributed by atoms with van der Waals surface area (Å²) in [6.45, 7) is 0. The largest absolute Gasteiger partial charge is 0.237 e. The standard InChI is InChI=1S/C18H11N5/c1-2-6-14-12(4-1)10-13-16(22-23-18(13)20-14)15-8-7-11-5-3-9-19-17(11)21-15/h1-9H,10H2. The van der Waals surface area contributed by atoms with E-state index in [4.69, 9.17) is 0 Å². The molecule has 2 aliphatic heterocycles. The van der Waals surface area contributed by atoms with Gasteiger partial charge in [0.1, 0.15) is 5.70 Å². The van der Waals surface area contributed by atoms with E-state index in [1.165, 1.54) is 5.56 Å². The first kappa shape index (κ1) is 12.3. The quantitative estimate of drug-likeness (QED) is 0.679. The van der Waals surface area contributed by atoms with Crippen molar-refractivity contribution in [1.29, 1.82) is 0 Å². The molecule has 0 atom stereocenters. The average Bonchev–Trinajstić information content (AvgIpc) is 3.02. The highest BCUT2D eigenvalue weighted by atomic mass is 15.2. The summed E-state index contributed by atoms with van der Waals surface area (Å²) in [5.74, 6) is 0.696. The van der Waals surface area contributed by atoms with Gasteiger partial charge in [0.05, 0.1) is 11.4 Å². The molecule has 0 saturated carbocycles. The van der Waals surface area contributed by atoms with Gasteiger partial charge in [-0.1, -0.05) is 18.2 Å². The summed E-state index contributed by atoms with van der Waals surface area (Å²) in [4.78, 5) is 13.5. The summed E-state index contributed by atoms with van der Waals surface area (Å²) in [5.41, 5.74) is 5.50. The first-order valence-corrected chi connectivity index (χ1v) is 7.42. The minimum Gasteiger partial charge on any atom is -0.237 e. The third-order valence-corrected chi connectivity index (χ3v) is 4.09. The van der Waals surface area contributed by atoms with Crippen LogP contribution in [0.5, 0.6) is 0 Å². The van der Waals surface area contributed by atoms with E-state index in [1.807, 2.05) is 42.5 Å². The number of nitrogens with zero attached hydrogens (tertiary/aromatic N) is 5. The van der Waals surface area contributed by atoms with Crippen LogP contribution in [0.15, 0.2) is 75.5 Å². The number of hydrogen-bond acceptors (Lipinski definition) is 5. The number of rotatable bonds is 1. The van der Waals surface area contributed by atoms with Crippen molar-refractivity contribution < 1.29 is 0 Å². The van der Waals surface area contributed by atoms with Gasteiger partial charge in [-0.2, -0.15) is 0 Å². The van der Waals surface area contributed by atoms with E-state index in [9.17, 15) is 0 Å². The molecular weight excluding hydrogens is 286 g/mol. The van der Waals surface area contributed by atoms with Crippen LogP contribution < -0.4 is 0 Å². The molecule has 0 amide bonds. The fourth-order valence-corrected chi connectivity index (χ4v) is 2.94. The Morgan fingerprint density at radius 3 is 2.83 bits per heavy atom. The lowest BCUT2D eigenvalue weighted by Crippen LogP contribution is -2.06. The molecule has 0 spiro atoms. The average molecular weight is 297 g/mol. The molecule has 1 aromatic carbocycles. The zero-order valence-corrected chi connectivity index (χ0v) is 12.1. The van der Waals surface area contributed by atoms with Gasteiger partial charge >= 0.3 is 0 Å². The number of para-hydroxylation sites is 1. The maximum atomic E-state index is 4.63. The van der Waals surface area contributed by atoms with Crippen LogP contribution in [0.4, 0.5) is 5.69 Å². The van der Waals surface area contributed by atoms with Crippen LogP contribution >= 0.6 is 0 Å². The van der Waals surface area contributed by atoms with Crippen LogP contribution in [-0.2, 0) is 6.42 Å². The van der Waals surface area contributed by atoms with Gasteiger partial charge in [-0.05, 0) is 35.9 Å². The Morgan fingerprint density at radius 2 is 1.83 bits per heavy atom. The molecule has 0 fully saturated rings. The highest BCUT2D eigenvalue weighted by Gasteiger charge is 2.26. The third kappa shape index (κ3) is 1.90. The highest BCUT2D eigenvalue weighted by Crippen LogP contribution is 2.36. The summed E-state index contributed by atoms with van der Waals surface area (Å²) >= 11 is 0. The van der Waals surface area contributed by atoms with Crippen molar-refractivity contribution in [3.8, 4) is 0 Å². The van der Waals surface area contributed by atoms with Crippen molar-refractivity contribution in [2.75, 3.05) is 0 Å². The summed E-state index contributed by atoms with van der Waals surface area (Å²) < 4.78 is 0. The molecule has 0 N–H and O–H groups in total. The minimum absolute atomic E-state index is 0.696. The number of pyridine rings is 2. The van der Waals surface area contributed by atoms with Gasteiger partial charge in [-0.15, -0.1) is 10.2 Å². The molecule has 5 nitrogen and oxygen atoms in total. The van der Waals surface area contributed by atoms with E-state index in [1.54, 1.807) is 6.20 Å². The zero-order chi connectivity index (χ0) is 15.2. The summed E-state index contributed by atoms with van der Waals surface area (Å²) in [7, 11) is 0. The zero-order valence-electron chi connectivity index (χ0n) is 12.1. The predicted octanol–water partition coefficient (Wildman–Crippen LogP) is 4.09. The van der Waals surface area contributed by atoms with E-state index >= 15 is 0 Å². The van der Waals surface area contributed by atoms with Crippen LogP contribution in [-0.4, -0.2) is 15.8 Å². The lowest BCUT2D eigenvalue weighted by molar-refractivity contribution is 1.16. The molecule has 23 heavy (non-hydrogen) atoms. The minimum atomic E-state index is 0.696. The first-order valence-electron chi connectivity index (χ1n) is 7.42. The molecule has 108 valence electrons. The Hall–Kier alpha value is -3.21. The number of azo groups is 1. The van der Waals surface area contributed by atoms with Crippen molar-refractivity contribution in [3.05, 3.63) is 71.6 Å². The van der Waals surface area contributed by atoms with E-state index < -0.39 is 0 Å². The fourth-order valence-electron chi connectivity index (χ4n) is 2.94. The van der Waals surface area contributed by atoms with Gasteiger partial charge in [-0.25, -0.2) is 15.0 Å². The van der Waals surface area contributed by atoms with Crippen LogP contribution in [0.1, 0.15) is 11.3 Å². The van der Waals surface area contributed by atoms with E-state index in [0.717, 1.165) is 40.1 Å². The SMILES string of the molecule is c1ccc2c(c1)CC1=C(c3ccc4cccnc4n3)N=NC1=N2. The van der Waals surface area contributed by atoms with Gasteiger partial charge in [-0.3, -0.25) is 0 Å². The second-order valence-corrected chi connectivity index (χ2v) is 5.51. The molecule has 0 unspecified atom stereocenters. The number of fused-ring (bicyclic) bond motifs is 3. The van der Waals surface area contributed by atoms with Crippen molar-refractivity contribution in [2.24, 2.45) is 15.2 Å². The van der Waals surface area contributed by atoms with Crippen molar-refractivity contribution >= 4 is 28.3 Å². The Balaban J connectivity index is 1.67. The molecule has 5 rings (SSSR count). The molecule has 5 heteroatoms. The second-order valence-electron chi connectivity index (χ2n) is 5.51. The van der Waals surface area contributed by atoms with E-state index in [0.29, 0.717) is 5.84 Å². The number of amidine groups is 1. The molecular formula is C18H11N5. The topological polar surface area (TPSA) is 62.9 Å². The van der Waals surface area contributed by atoms with Crippen molar-refractivity contribution in [2.45, 2.75) is 6.42 Å². The summed E-state index contributed by atoms with van der Waals surface area (Å²) in [5, 5.41) is 9.57. The Morgan fingerprint density at radius 1 is 0.870 bits per heavy atom. The molecule has 0 bridgehead atoms. The van der Waals surface area contributed by atoms with E-state index in [-0.39, 0.29) is 0 Å². The second kappa shape index (κ2) is 4.64. The van der Waals surface area contributed by atoms with Crippen LogP contribution in [0.2, 0.25) is 0 Å². The van der Waals surface area contributed by atoms with Crippen LogP contribution in [0.25, 0.3) is 16.7 Å². The first-order chi connectivity index (χ1) is 11.4. The lowest BCUT2D eigenvalue weighted by atomic mass is 9.97. The van der Waals surface area contributed by atoms with Crippen LogP contribution in [0, 0.1) is 0 Å². The molecule has 0 radical (unpaired) electrons. The molecule has 2 aromatic heterocycles. The smallest absolute Gasteiger partial charge is 0.180 e. The van der Waals surface area contributed by atoms with Gasteiger partial charge in [0, 0.05) is 23.6 Å². The van der Waals surface area contributed by atoms with Gasteiger partial charge in [0.15, 0.2) is 11.5 Å². The maximum absolute atomic E-state index is 4.63. The van der Waals surface area contributed by atoms with Gasteiger partial charge < -0.3 is 0 Å². The van der Waals surface area contributed by atoms with Crippen LogP contribution in [0.3, 0.4) is 0 Å². The summed E-state index contributed by atoms with van der Waals surface area (Å²) in [6.07, 6.45) is 2.52. The number of benzene rings is 1. The summed E-state index contributed by atoms with van der Waals surface area (Å²) in [6, 6.07) is 16.0. The monoisotopic (exact) mass is 297 g/mol. The Bertz CT molecular complexity index is 1050. The Kier molecular flexibility index (Phi) is 2.49. The number of aromatic nitrogens is 2. The number of hydrogen-bond donors (Lipinski definition) is 0. The van der Waals surface area contributed by atoms with Gasteiger partial charge in [0.25, 0.3) is 0 Å². The number of aliphatic imine (C=N–C) groups is 1.